The lowest BCUT2D eigenvalue weighted by atomic mass is 9.90. The molecule has 0 bridgehead atoms. The lowest BCUT2D eigenvalue weighted by molar-refractivity contribution is -0.139. The lowest BCUT2D eigenvalue weighted by Gasteiger charge is -2.33. The third kappa shape index (κ3) is 4.26. The zero-order valence-corrected chi connectivity index (χ0v) is 16.4. The van der Waals surface area contributed by atoms with Crippen LogP contribution in [0.5, 0.6) is 0 Å². The molecule has 2 N–H and O–H groups in total. The van der Waals surface area contributed by atoms with E-state index < -0.39 is 5.97 Å². The molecule has 2 amide bonds. The number of carbonyl (C=O) groups excluding carboxylic acids is 2. The third-order valence-corrected chi connectivity index (χ3v) is 5.94. The first kappa shape index (κ1) is 19.7. The quantitative estimate of drug-likeness (QED) is 0.800. The van der Waals surface area contributed by atoms with E-state index in [4.69, 9.17) is 11.6 Å². The van der Waals surface area contributed by atoms with Crippen molar-refractivity contribution in [2.45, 2.75) is 39.5 Å². The highest BCUT2D eigenvalue weighted by molar-refractivity contribution is 6.34. The van der Waals surface area contributed by atoms with E-state index >= 15 is 0 Å². The fraction of sp³-hybridized carbons (Fsp3) is 0.550. The van der Waals surface area contributed by atoms with Crippen molar-refractivity contribution >= 4 is 35.1 Å². The number of piperidine rings is 1. The van der Waals surface area contributed by atoms with Gasteiger partial charge >= 0.3 is 5.97 Å². The highest BCUT2D eigenvalue weighted by atomic mass is 35.5. The number of amides is 2. The number of nitrogens with zero attached hydrogens (tertiary/aromatic N) is 1. The zero-order chi connectivity index (χ0) is 19.8. The summed E-state index contributed by atoms with van der Waals surface area (Å²) in [5, 5.41) is 12.3. The first-order chi connectivity index (χ1) is 12.7. The summed E-state index contributed by atoms with van der Waals surface area (Å²) in [4.78, 5) is 37.8. The second kappa shape index (κ2) is 7.50. The van der Waals surface area contributed by atoms with Gasteiger partial charge < -0.3 is 15.3 Å². The van der Waals surface area contributed by atoms with Crippen molar-refractivity contribution in [1.82, 2.24) is 4.90 Å². The van der Waals surface area contributed by atoms with Gasteiger partial charge in [-0.05, 0) is 48.8 Å². The maximum Gasteiger partial charge on any atom is 0.307 e. The number of anilines is 1. The Morgan fingerprint density at radius 3 is 2.52 bits per heavy atom. The van der Waals surface area contributed by atoms with Gasteiger partial charge in [0.25, 0.3) is 5.91 Å². The molecule has 1 aliphatic carbocycles. The number of carboxylic acids is 1. The molecule has 1 saturated carbocycles. The molecule has 7 heteroatoms. The van der Waals surface area contributed by atoms with Crippen LogP contribution in [0, 0.1) is 17.3 Å². The van der Waals surface area contributed by atoms with E-state index in [1.54, 1.807) is 23.1 Å². The van der Waals surface area contributed by atoms with E-state index in [-0.39, 0.29) is 29.1 Å². The van der Waals surface area contributed by atoms with Crippen LogP contribution in [0.2, 0.25) is 5.02 Å². The van der Waals surface area contributed by atoms with Crippen LogP contribution in [-0.2, 0) is 9.59 Å². The molecule has 1 unspecified atom stereocenters. The number of halogens is 1. The predicted molar refractivity (Wildman–Crippen MR) is 103 cm³/mol. The van der Waals surface area contributed by atoms with Gasteiger partial charge in [0, 0.05) is 25.2 Å². The minimum Gasteiger partial charge on any atom is -0.481 e. The van der Waals surface area contributed by atoms with Gasteiger partial charge in [0.1, 0.15) is 0 Å². The summed E-state index contributed by atoms with van der Waals surface area (Å²) in [7, 11) is 0. The van der Waals surface area contributed by atoms with Gasteiger partial charge in [0.15, 0.2) is 0 Å². The minimum absolute atomic E-state index is 0.0981. The van der Waals surface area contributed by atoms with Gasteiger partial charge in [-0.25, -0.2) is 0 Å². The highest BCUT2D eigenvalue weighted by Gasteiger charge is 2.59. The van der Waals surface area contributed by atoms with Crippen LogP contribution in [0.4, 0.5) is 5.69 Å². The number of likely N-dealkylation sites (tertiary alicyclic amines) is 1. The van der Waals surface area contributed by atoms with E-state index in [1.165, 1.54) is 0 Å². The Morgan fingerprint density at radius 1 is 1.30 bits per heavy atom. The summed E-state index contributed by atoms with van der Waals surface area (Å²) in [6, 6.07) is 4.92. The molecule has 0 radical (unpaired) electrons. The SMILES string of the molecule is CC(C)CC(=O)Nc1ccc(Cl)c(C(=O)N2CCC3(CC2)CC3C(=O)O)c1. The number of nitrogens with one attached hydrogen (secondary N) is 1. The molecule has 6 nitrogen and oxygen atoms in total. The fourth-order valence-electron chi connectivity index (χ4n) is 3.92. The van der Waals surface area contributed by atoms with Gasteiger partial charge in [-0.3, -0.25) is 14.4 Å². The van der Waals surface area contributed by atoms with Crippen LogP contribution in [0.15, 0.2) is 18.2 Å². The molecular formula is C20H25ClN2O4. The molecule has 1 saturated heterocycles. The Morgan fingerprint density at radius 2 is 1.96 bits per heavy atom. The summed E-state index contributed by atoms with van der Waals surface area (Å²) < 4.78 is 0. The molecule has 0 aromatic heterocycles. The van der Waals surface area contributed by atoms with E-state index in [9.17, 15) is 19.5 Å². The number of aliphatic carboxylic acids is 1. The molecule has 27 heavy (non-hydrogen) atoms. The third-order valence-electron chi connectivity index (χ3n) is 5.61. The number of carbonyl (C=O) groups is 3. The Labute approximate surface area is 163 Å². The number of hydrogen-bond donors (Lipinski definition) is 2. The second-order valence-corrected chi connectivity index (χ2v) is 8.50. The van der Waals surface area contributed by atoms with E-state index in [1.807, 2.05) is 13.8 Å². The minimum atomic E-state index is -0.734. The lowest BCUT2D eigenvalue weighted by Crippen LogP contribution is -2.40. The largest absolute Gasteiger partial charge is 0.481 e. The zero-order valence-electron chi connectivity index (χ0n) is 15.6. The van der Waals surface area contributed by atoms with Gasteiger partial charge in [0.05, 0.1) is 16.5 Å². The summed E-state index contributed by atoms with van der Waals surface area (Å²) in [5.41, 5.74) is 0.787. The van der Waals surface area contributed by atoms with Gasteiger partial charge in [-0.15, -0.1) is 0 Å². The maximum atomic E-state index is 12.9. The summed E-state index contributed by atoms with van der Waals surface area (Å²) in [6.07, 6.45) is 2.53. The molecule has 1 heterocycles. The Hall–Kier alpha value is -2.08. The molecule has 1 aliphatic heterocycles. The topological polar surface area (TPSA) is 86.7 Å². The number of benzene rings is 1. The van der Waals surface area contributed by atoms with Crippen LogP contribution in [0.3, 0.4) is 0 Å². The monoisotopic (exact) mass is 392 g/mol. The molecule has 3 rings (SSSR count). The molecular weight excluding hydrogens is 368 g/mol. The van der Waals surface area contributed by atoms with Crippen molar-refractivity contribution in [3.8, 4) is 0 Å². The average Bonchev–Trinajstić information content (AvgIpc) is 3.30. The molecule has 1 atom stereocenters. The Bertz CT molecular complexity index is 769. The number of carboxylic acid groups (broad SMARTS) is 1. The predicted octanol–water partition coefficient (Wildman–Crippen LogP) is 3.65. The molecule has 146 valence electrons. The number of rotatable bonds is 5. The normalized spacial score (nSPS) is 20.6. The molecule has 2 aliphatic rings. The van der Waals surface area contributed by atoms with Crippen molar-refractivity contribution in [3.63, 3.8) is 0 Å². The van der Waals surface area contributed by atoms with Crippen LogP contribution in [-0.4, -0.2) is 40.9 Å². The number of hydrogen-bond acceptors (Lipinski definition) is 3. The first-order valence-corrected chi connectivity index (χ1v) is 9.71. The summed E-state index contributed by atoms with van der Waals surface area (Å²) >= 11 is 6.23. The van der Waals surface area contributed by atoms with Crippen molar-refractivity contribution in [2.75, 3.05) is 18.4 Å². The molecule has 1 spiro atoms. The Balaban J connectivity index is 1.66. The van der Waals surface area contributed by atoms with Crippen molar-refractivity contribution in [2.24, 2.45) is 17.3 Å². The van der Waals surface area contributed by atoms with Gasteiger partial charge in [-0.1, -0.05) is 25.4 Å². The van der Waals surface area contributed by atoms with Crippen LogP contribution < -0.4 is 5.32 Å². The van der Waals surface area contributed by atoms with Crippen LogP contribution in [0.1, 0.15) is 49.9 Å². The van der Waals surface area contributed by atoms with E-state index in [0.717, 1.165) is 0 Å². The standard InChI is InChI=1S/C20H25ClN2O4/c1-12(2)9-17(24)22-13-3-4-16(21)14(10-13)18(25)23-7-5-20(6-8-23)11-15(20)19(26)27/h3-4,10,12,15H,5-9,11H2,1-2H3,(H,22,24)(H,26,27). The van der Waals surface area contributed by atoms with Gasteiger partial charge in [0.2, 0.25) is 5.91 Å². The fourth-order valence-corrected chi connectivity index (χ4v) is 4.12. The second-order valence-electron chi connectivity index (χ2n) is 8.09. The van der Waals surface area contributed by atoms with E-state index in [2.05, 4.69) is 5.32 Å². The van der Waals surface area contributed by atoms with Crippen molar-refractivity contribution in [1.29, 1.82) is 0 Å². The van der Waals surface area contributed by atoms with Gasteiger partial charge in [-0.2, -0.15) is 0 Å². The summed E-state index contributed by atoms with van der Waals surface area (Å²) in [6.45, 7) is 4.99. The molecule has 1 aromatic carbocycles. The first-order valence-electron chi connectivity index (χ1n) is 9.33. The van der Waals surface area contributed by atoms with Crippen molar-refractivity contribution < 1.29 is 19.5 Å². The summed E-state index contributed by atoms with van der Waals surface area (Å²) in [5.74, 6) is -1.03. The van der Waals surface area contributed by atoms with Crippen LogP contribution >= 0.6 is 11.6 Å². The van der Waals surface area contributed by atoms with Crippen molar-refractivity contribution in [3.05, 3.63) is 28.8 Å². The maximum absolute atomic E-state index is 12.9. The highest BCUT2D eigenvalue weighted by Crippen LogP contribution is 2.59. The van der Waals surface area contributed by atoms with Crippen LogP contribution in [0.25, 0.3) is 0 Å². The Kier molecular flexibility index (Phi) is 5.47. The van der Waals surface area contributed by atoms with E-state index in [0.29, 0.717) is 55.0 Å². The molecule has 2 fully saturated rings. The molecule has 1 aromatic rings. The average molecular weight is 393 g/mol. The smallest absolute Gasteiger partial charge is 0.307 e.